The Morgan fingerprint density at radius 1 is 1.44 bits per heavy atom. The van der Waals surface area contributed by atoms with Crippen molar-refractivity contribution in [1.29, 1.82) is 0 Å². The number of nitrogens with two attached hydrogens (primary N) is 1. The van der Waals surface area contributed by atoms with Gasteiger partial charge >= 0.3 is 0 Å². The highest BCUT2D eigenvalue weighted by atomic mass is 16.5. The maximum absolute atomic E-state index is 9.55. The van der Waals surface area contributed by atoms with Crippen molar-refractivity contribution >= 4 is 5.69 Å². The number of likely N-dealkylation sites (N-methyl/N-ethyl adjacent to an activating group) is 1. The monoisotopic (exact) mass is 254 g/mol. The van der Waals surface area contributed by atoms with E-state index in [1.165, 1.54) is 0 Å². The van der Waals surface area contributed by atoms with E-state index in [-0.39, 0.29) is 0 Å². The van der Waals surface area contributed by atoms with E-state index in [1.807, 2.05) is 30.1 Å². The zero-order chi connectivity index (χ0) is 13.4. The molecule has 0 aromatic heterocycles. The number of aliphatic hydroxyl groups is 1. The Morgan fingerprint density at radius 3 is 2.89 bits per heavy atom. The fraction of sp³-hybridized carbons (Fsp3) is 0.538. The second-order valence-electron chi connectivity index (χ2n) is 4.29. The fourth-order valence-corrected chi connectivity index (χ4v) is 1.62. The van der Waals surface area contributed by atoms with Crippen molar-refractivity contribution in [3.63, 3.8) is 0 Å². The summed E-state index contributed by atoms with van der Waals surface area (Å²) in [5, 5.41) is 9.55. The van der Waals surface area contributed by atoms with Gasteiger partial charge in [-0.25, -0.2) is 0 Å². The highest BCUT2D eigenvalue weighted by Crippen LogP contribution is 2.14. The minimum Gasteiger partial charge on any atom is -0.492 e. The number of benzene rings is 1. The van der Waals surface area contributed by atoms with Crippen LogP contribution in [0.4, 0.5) is 5.69 Å². The molecule has 1 unspecified atom stereocenters. The average molecular weight is 254 g/mol. The molecule has 0 bridgehead atoms. The molecular weight excluding hydrogens is 232 g/mol. The summed E-state index contributed by atoms with van der Waals surface area (Å²) in [6, 6.07) is 7.34. The fourth-order valence-electron chi connectivity index (χ4n) is 1.62. The molecule has 1 rings (SSSR count). The summed E-state index contributed by atoms with van der Waals surface area (Å²) in [5.74, 6) is 0.765. The van der Waals surface area contributed by atoms with Crippen LogP contribution >= 0.6 is 0 Å². The zero-order valence-electron chi connectivity index (χ0n) is 11.0. The standard InChI is InChI=1S/C13H22N2O3/c1-15(9-12(16)10-17-2)6-7-18-13-5-3-4-11(14)8-13/h3-5,8,12,16H,6-7,9-10,14H2,1-2H3. The first-order chi connectivity index (χ1) is 8.61. The van der Waals surface area contributed by atoms with E-state index < -0.39 is 6.10 Å². The summed E-state index contributed by atoms with van der Waals surface area (Å²) in [5.41, 5.74) is 6.34. The molecule has 0 amide bonds. The molecule has 1 aromatic carbocycles. The largest absolute Gasteiger partial charge is 0.492 e. The lowest BCUT2D eigenvalue weighted by Crippen LogP contribution is -2.34. The molecule has 0 heterocycles. The molecule has 0 saturated heterocycles. The quantitative estimate of drug-likeness (QED) is 0.664. The van der Waals surface area contributed by atoms with Gasteiger partial charge in [-0.2, -0.15) is 0 Å². The third-order valence-electron chi connectivity index (χ3n) is 2.48. The summed E-state index contributed by atoms with van der Waals surface area (Å²) >= 11 is 0. The molecule has 0 fully saturated rings. The third-order valence-corrected chi connectivity index (χ3v) is 2.48. The Balaban J connectivity index is 2.21. The van der Waals surface area contributed by atoms with Crippen LogP contribution in [0, 0.1) is 0 Å². The lowest BCUT2D eigenvalue weighted by atomic mass is 10.3. The topological polar surface area (TPSA) is 68.0 Å². The van der Waals surface area contributed by atoms with Crippen LogP contribution in [-0.4, -0.2) is 56.6 Å². The van der Waals surface area contributed by atoms with Gasteiger partial charge in [0.25, 0.3) is 0 Å². The van der Waals surface area contributed by atoms with Gasteiger partial charge in [0, 0.05) is 32.0 Å². The van der Waals surface area contributed by atoms with E-state index in [0.717, 1.165) is 12.3 Å². The van der Waals surface area contributed by atoms with Crippen LogP contribution in [-0.2, 0) is 4.74 Å². The molecule has 5 heteroatoms. The summed E-state index contributed by atoms with van der Waals surface area (Å²) in [4.78, 5) is 2.00. The number of nitrogen functional groups attached to an aromatic ring is 1. The van der Waals surface area contributed by atoms with Gasteiger partial charge in [-0.3, -0.25) is 0 Å². The molecule has 0 saturated carbocycles. The Hall–Kier alpha value is -1.30. The molecule has 102 valence electrons. The lowest BCUT2D eigenvalue weighted by molar-refractivity contribution is 0.0410. The van der Waals surface area contributed by atoms with Crippen molar-refractivity contribution in [2.75, 3.05) is 46.2 Å². The molecular formula is C13H22N2O3. The summed E-state index contributed by atoms with van der Waals surface area (Å²) < 4.78 is 10.4. The highest BCUT2D eigenvalue weighted by molar-refractivity contribution is 5.43. The Kier molecular flexibility index (Phi) is 6.49. The molecule has 3 N–H and O–H groups in total. The number of methoxy groups -OCH3 is 1. The van der Waals surface area contributed by atoms with Gasteiger partial charge in [-0.1, -0.05) is 6.07 Å². The van der Waals surface area contributed by atoms with Crippen molar-refractivity contribution in [3.8, 4) is 5.75 Å². The van der Waals surface area contributed by atoms with Crippen molar-refractivity contribution < 1.29 is 14.6 Å². The number of nitrogens with zero attached hydrogens (tertiary/aromatic N) is 1. The minimum absolute atomic E-state index is 0.348. The van der Waals surface area contributed by atoms with E-state index in [9.17, 15) is 5.11 Å². The normalized spacial score (nSPS) is 12.7. The predicted octanol–water partition coefficient (Wildman–Crippen LogP) is 0.587. The Labute approximate surface area is 108 Å². The number of hydrogen-bond donors (Lipinski definition) is 2. The summed E-state index contributed by atoms with van der Waals surface area (Å²) in [6.07, 6.45) is -0.465. The van der Waals surface area contributed by atoms with Crippen LogP contribution in [0.25, 0.3) is 0 Å². The Bertz CT molecular complexity index is 347. The summed E-state index contributed by atoms with van der Waals surface area (Å²) in [7, 11) is 3.51. The third kappa shape index (κ3) is 5.86. The number of rotatable bonds is 8. The van der Waals surface area contributed by atoms with Crippen molar-refractivity contribution in [2.45, 2.75) is 6.10 Å². The van der Waals surface area contributed by atoms with Crippen LogP contribution in [0.5, 0.6) is 5.75 Å². The molecule has 1 atom stereocenters. The Morgan fingerprint density at radius 2 is 2.22 bits per heavy atom. The lowest BCUT2D eigenvalue weighted by Gasteiger charge is -2.20. The van der Waals surface area contributed by atoms with Crippen LogP contribution in [0.3, 0.4) is 0 Å². The smallest absolute Gasteiger partial charge is 0.121 e. The molecule has 18 heavy (non-hydrogen) atoms. The second kappa shape index (κ2) is 7.92. The average Bonchev–Trinajstić information content (AvgIpc) is 2.29. The maximum atomic E-state index is 9.55. The molecule has 0 radical (unpaired) electrons. The van der Waals surface area contributed by atoms with Crippen LogP contribution in [0.1, 0.15) is 0 Å². The highest BCUT2D eigenvalue weighted by Gasteiger charge is 2.07. The van der Waals surface area contributed by atoms with Crippen LogP contribution < -0.4 is 10.5 Å². The number of aliphatic hydroxyl groups excluding tert-OH is 1. The van der Waals surface area contributed by atoms with E-state index >= 15 is 0 Å². The first-order valence-electron chi connectivity index (χ1n) is 5.95. The molecule has 5 nitrogen and oxygen atoms in total. The van der Waals surface area contributed by atoms with Gasteiger partial charge in [0.2, 0.25) is 0 Å². The van der Waals surface area contributed by atoms with Gasteiger partial charge in [0.05, 0.1) is 12.7 Å². The minimum atomic E-state index is -0.465. The van der Waals surface area contributed by atoms with E-state index in [0.29, 0.717) is 25.4 Å². The van der Waals surface area contributed by atoms with Crippen molar-refractivity contribution in [2.24, 2.45) is 0 Å². The van der Waals surface area contributed by atoms with Crippen molar-refractivity contribution in [1.82, 2.24) is 4.90 Å². The van der Waals surface area contributed by atoms with E-state index in [1.54, 1.807) is 13.2 Å². The van der Waals surface area contributed by atoms with Crippen LogP contribution in [0.15, 0.2) is 24.3 Å². The van der Waals surface area contributed by atoms with Gasteiger partial charge < -0.3 is 25.2 Å². The second-order valence-corrected chi connectivity index (χ2v) is 4.29. The number of ether oxygens (including phenoxy) is 2. The zero-order valence-corrected chi connectivity index (χ0v) is 11.0. The van der Waals surface area contributed by atoms with Gasteiger partial charge in [-0.15, -0.1) is 0 Å². The van der Waals surface area contributed by atoms with Gasteiger partial charge in [-0.05, 0) is 19.2 Å². The number of hydrogen-bond acceptors (Lipinski definition) is 5. The van der Waals surface area contributed by atoms with Crippen LogP contribution in [0.2, 0.25) is 0 Å². The van der Waals surface area contributed by atoms with Crippen molar-refractivity contribution in [3.05, 3.63) is 24.3 Å². The maximum Gasteiger partial charge on any atom is 0.121 e. The van der Waals surface area contributed by atoms with E-state index in [2.05, 4.69) is 0 Å². The predicted molar refractivity (Wildman–Crippen MR) is 71.7 cm³/mol. The molecule has 1 aromatic rings. The molecule has 0 aliphatic rings. The molecule has 0 aliphatic carbocycles. The SMILES string of the molecule is COCC(O)CN(C)CCOc1cccc(N)c1. The summed E-state index contributed by atoms with van der Waals surface area (Å²) in [6.45, 7) is 2.20. The first-order valence-corrected chi connectivity index (χ1v) is 5.95. The first kappa shape index (κ1) is 14.8. The molecule has 0 spiro atoms. The molecule has 0 aliphatic heterocycles. The van der Waals surface area contributed by atoms with E-state index in [4.69, 9.17) is 15.2 Å². The van der Waals surface area contributed by atoms with Gasteiger partial charge in [0.1, 0.15) is 12.4 Å². The number of anilines is 1. The van der Waals surface area contributed by atoms with Gasteiger partial charge in [0.15, 0.2) is 0 Å².